The minimum Gasteiger partial charge on any atom is -0.504 e. The van der Waals surface area contributed by atoms with E-state index in [4.69, 9.17) is 12.2 Å². The molecule has 0 spiro atoms. The lowest BCUT2D eigenvalue weighted by Gasteiger charge is -2.06. The third kappa shape index (κ3) is 3.45. The molecule has 0 amide bonds. The van der Waals surface area contributed by atoms with Gasteiger partial charge >= 0.3 is 0 Å². The number of aromatic nitrogens is 3. The second-order valence-corrected chi connectivity index (χ2v) is 6.45. The Morgan fingerprint density at radius 1 is 1.04 bits per heavy atom. The summed E-state index contributed by atoms with van der Waals surface area (Å²) in [5.41, 5.74) is 1.75. The number of rotatable bonds is 4. The third-order valence-corrected chi connectivity index (χ3v) is 4.53. The highest BCUT2D eigenvalue weighted by atomic mass is 32.1. The molecule has 0 fully saturated rings. The van der Waals surface area contributed by atoms with Crippen molar-refractivity contribution in [2.45, 2.75) is 6.42 Å². The minimum absolute atomic E-state index is 0.177. The summed E-state index contributed by atoms with van der Waals surface area (Å²) in [5.74, 6) is 0.296. The Morgan fingerprint density at radius 3 is 2.70 bits per heavy atom. The average Bonchev–Trinajstić information content (AvgIpc) is 3.02. The fourth-order valence-electron chi connectivity index (χ4n) is 2.92. The minimum atomic E-state index is -0.203. The molecule has 1 heterocycles. The van der Waals surface area contributed by atoms with Gasteiger partial charge in [0.1, 0.15) is 0 Å². The van der Waals surface area contributed by atoms with Crippen LogP contribution in [0.25, 0.3) is 10.8 Å². The van der Waals surface area contributed by atoms with Gasteiger partial charge in [-0.1, -0.05) is 42.5 Å². The highest BCUT2D eigenvalue weighted by Gasteiger charge is 2.09. The van der Waals surface area contributed by atoms with Gasteiger partial charge in [-0.05, 0) is 52.3 Å². The van der Waals surface area contributed by atoms with Crippen molar-refractivity contribution in [1.82, 2.24) is 14.9 Å². The average molecular weight is 376 g/mol. The molecule has 0 atom stereocenters. The van der Waals surface area contributed by atoms with Crippen LogP contribution in [0.1, 0.15) is 17.0 Å². The molecule has 0 aliphatic carbocycles. The molecule has 3 N–H and O–H groups in total. The Balaban J connectivity index is 1.68. The Bertz CT molecular complexity index is 1200. The van der Waals surface area contributed by atoms with E-state index in [9.17, 15) is 10.2 Å². The van der Waals surface area contributed by atoms with E-state index in [1.54, 1.807) is 17.0 Å². The molecule has 3 aromatic carbocycles. The number of aromatic hydroxyl groups is 2. The normalized spacial score (nSPS) is 11.4. The van der Waals surface area contributed by atoms with Crippen LogP contribution in [-0.2, 0) is 6.42 Å². The molecule has 4 aromatic rings. The highest BCUT2D eigenvalue weighted by Crippen LogP contribution is 2.24. The lowest BCUT2D eigenvalue weighted by Crippen LogP contribution is -2.01. The molecule has 0 radical (unpaired) electrons. The number of hydrogen-bond donors (Lipinski definition) is 3. The van der Waals surface area contributed by atoms with Gasteiger partial charge in [0.05, 0.1) is 6.21 Å². The predicted octanol–water partition coefficient (Wildman–Crippen LogP) is 3.98. The Hall–Kier alpha value is -3.45. The summed E-state index contributed by atoms with van der Waals surface area (Å²) in [6.45, 7) is 0. The fraction of sp³-hybridized carbons (Fsp3) is 0.0500. The number of nitrogens with zero attached hydrogens (tertiary/aromatic N) is 3. The van der Waals surface area contributed by atoms with Gasteiger partial charge < -0.3 is 10.2 Å². The first-order valence-corrected chi connectivity index (χ1v) is 8.72. The van der Waals surface area contributed by atoms with Crippen molar-refractivity contribution in [3.05, 3.63) is 82.4 Å². The summed E-state index contributed by atoms with van der Waals surface area (Å²) in [6.07, 6.45) is 2.11. The Kier molecular flexibility index (Phi) is 4.43. The molecule has 4 rings (SSSR count). The van der Waals surface area contributed by atoms with Crippen molar-refractivity contribution in [3.63, 3.8) is 0 Å². The first-order chi connectivity index (χ1) is 13.1. The van der Waals surface area contributed by atoms with Gasteiger partial charge in [-0.25, -0.2) is 0 Å². The van der Waals surface area contributed by atoms with Crippen LogP contribution in [0.5, 0.6) is 11.5 Å². The molecule has 0 aliphatic heterocycles. The van der Waals surface area contributed by atoms with Gasteiger partial charge in [0, 0.05) is 6.42 Å². The molecule has 7 heteroatoms. The molecule has 0 saturated heterocycles. The smallest absolute Gasteiger partial charge is 0.216 e. The van der Waals surface area contributed by atoms with Crippen LogP contribution in [0.2, 0.25) is 0 Å². The van der Waals surface area contributed by atoms with E-state index in [-0.39, 0.29) is 11.5 Å². The predicted molar refractivity (Wildman–Crippen MR) is 107 cm³/mol. The zero-order valence-corrected chi connectivity index (χ0v) is 15.0. The second kappa shape index (κ2) is 7.05. The summed E-state index contributed by atoms with van der Waals surface area (Å²) in [5, 5.41) is 32.8. The van der Waals surface area contributed by atoms with E-state index >= 15 is 0 Å². The van der Waals surface area contributed by atoms with Gasteiger partial charge in [-0.3, -0.25) is 5.10 Å². The van der Waals surface area contributed by atoms with E-state index in [0.717, 1.165) is 10.9 Å². The Labute approximate surface area is 160 Å². The van der Waals surface area contributed by atoms with Crippen LogP contribution < -0.4 is 0 Å². The maximum Gasteiger partial charge on any atom is 0.216 e. The molecule has 0 unspecified atom stereocenters. The molecule has 6 nitrogen and oxygen atoms in total. The number of nitrogens with one attached hydrogen (secondary N) is 1. The number of hydrogen-bond acceptors (Lipinski definition) is 5. The fourth-order valence-corrected chi connectivity index (χ4v) is 3.12. The number of phenolic OH excluding ortho intramolecular Hbond substituents is 2. The number of aromatic amines is 1. The van der Waals surface area contributed by atoms with Gasteiger partial charge in [0.15, 0.2) is 17.3 Å². The summed E-state index contributed by atoms with van der Waals surface area (Å²) in [7, 11) is 0. The molecule has 0 saturated carbocycles. The number of benzene rings is 3. The Morgan fingerprint density at radius 2 is 1.85 bits per heavy atom. The van der Waals surface area contributed by atoms with E-state index in [1.807, 2.05) is 18.2 Å². The lowest BCUT2D eigenvalue weighted by molar-refractivity contribution is 0.403. The lowest BCUT2D eigenvalue weighted by atomic mass is 10.0. The monoisotopic (exact) mass is 376 g/mol. The molecule has 1 aromatic heterocycles. The summed E-state index contributed by atoms with van der Waals surface area (Å²) < 4.78 is 1.94. The van der Waals surface area contributed by atoms with Crippen LogP contribution in [0.15, 0.2) is 65.8 Å². The van der Waals surface area contributed by atoms with Gasteiger partial charge in [0.2, 0.25) is 4.77 Å². The van der Waals surface area contributed by atoms with Crippen LogP contribution in [0.3, 0.4) is 0 Å². The molecular formula is C20H16N4O2S. The SMILES string of the molecule is Oc1ccc(C=Nn2c(Cc3cccc4ccccc34)n[nH]c2=S)cc1O. The van der Waals surface area contributed by atoms with E-state index < -0.39 is 0 Å². The van der Waals surface area contributed by atoms with Crippen molar-refractivity contribution in [2.24, 2.45) is 5.10 Å². The van der Waals surface area contributed by atoms with Gasteiger partial charge in [-0.2, -0.15) is 14.9 Å². The summed E-state index contributed by atoms with van der Waals surface area (Å²) in [4.78, 5) is 0. The van der Waals surface area contributed by atoms with E-state index in [0.29, 0.717) is 22.6 Å². The van der Waals surface area contributed by atoms with Crippen LogP contribution in [0.4, 0.5) is 0 Å². The third-order valence-electron chi connectivity index (χ3n) is 4.27. The zero-order valence-electron chi connectivity index (χ0n) is 14.2. The van der Waals surface area contributed by atoms with Crippen molar-refractivity contribution < 1.29 is 10.2 Å². The van der Waals surface area contributed by atoms with Crippen molar-refractivity contribution in [1.29, 1.82) is 0 Å². The summed E-state index contributed by atoms with van der Waals surface area (Å²) >= 11 is 5.29. The number of fused-ring (bicyclic) bond motifs is 1. The van der Waals surface area contributed by atoms with Crippen LogP contribution in [-0.4, -0.2) is 31.3 Å². The largest absolute Gasteiger partial charge is 0.504 e. The molecule has 0 aliphatic rings. The molecule has 134 valence electrons. The second-order valence-electron chi connectivity index (χ2n) is 6.06. The zero-order chi connectivity index (χ0) is 18.8. The first-order valence-electron chi connectivity index (χ1n) is 8.31. The van der Waals surface area contributed by atoms with Crippen molar-refractivity contribution in [3.8, 4) is 11.5 Å². The quantitative estimate of drug-likeness (QED) is 0.286. The highest BCUT2D eigenvalue weighted by molar-refractivity contribution is 7.71. The van der Waals surface area contributed by atoms with E-state index in [1.165, 1.54) is 17.5 Å². The molecule has 27 heavy (non-hydrogen) atoms. The number of phenols is 2. The van der Waals surface area contributed by atoms with Gasteiger partial charge in [0.25, 0.3) is 0 Å². The van der Waals surface area contributed by atoms with Crippen LogP contribution in [0, 0.1) is 4.77 Å². The van der Waals surface area contributed by atoms with Crippen LogP contribution >= 0.6 is 12.2 Å². The first kappa shape index (κ1) is 17.0. The van der Waals surface area contributed by atoms with Gasteiger partial charge in [-0.15, -0.1) is 0 Å². The molecular weight excluding hydrogens is 360 g/mol. The van der Waals surface area contributed by atoms with E-state index in [2.05, 4.69) is 39.6 Å². The maximum atomic E-state index is 9.60. The van der Waals surface area contributed by atoms with Crippen molar-refractivity contribution >= 4 is 29.2 Å². The van der Waals surface area contributed by atoms with Crippen molar-refractivity contribution in [2.75, 3.05) is 0 Å². The topological polar surface area (TPSA) is 86.4 Å². The standard InChI is InChI=1S/C20H16N4O2S/c25-17-9-8-13(10-18(17)26)12-21-24-19(22-23-20(24)27)11-15-6-3-5-14-4-1-2-7-16(14)15/h1-10,12,25-26H,11H2,(H,23,27). The maximum absolute atomic E-state index is 9.60. The summed E-state index contributed by atoms with van der Waals surface area (Å²) in [6, 6.07) is 18.8. The number of H-pyrrole nitrogens is 1. The molecule has 0 bridgehead atoms.